The number of rotatable bonds is 15. The molecule has 0 fully saturated rings. The van der Waals surface area contributed by atoms with Crippen LogP contribution in [0.25, 0.3) is 0 Å². The molecular formula is C19H34O12. The van der Waals surface area contributed by atoms with Crippen LogP contribution in [0, 0.1) is 22.2 Å². The first-order valence-corrected chi connectivity index (χ1v) is 9.58. The highest BCUT2D eigenvalue weighted by molar-refractivity contribution is 5.77. The van der Waals surface area contributed by atoms with Crippen LogP contribution in [-0.2, 0) is 28.6 Å². The van der Waals surface area contributed by atoms with E-state index in [0.29, 0.717) is 0 Å². The molecule has 0 spiro atoms. The number of ether oxygens (including phenoxy) is 3. The first-order valence-electron chi connectivity index (χ1n) is 9.58. The summed E-state index contributed by atoms with van der Waals surface area (Å²) in [4.78, 5) is 36.4. The van der Waals surface area contributed by atoms with Crippen LogP contribution in [0.2, 0.25) is 0 Å². The van der Waals surface area contributed by atoms with Gasteiger partial charge < -0.3 is 44.8 Å². The van der Waals surface area contributed by atoms with E-state index in [1.807, 2.05) is 0 Å². The van der Waals surface area contributed by atoms with Gasteiger partial charge in [0.05, 0.1) is 45.6 Å². The summed E-state index contributed by atoms with van der Waals surface area (Å²) >= 11 is 0. The average Bonchev–Trinajstić information content (AvgIpc) is 2.80. The molecule has 0 aromatic rings. The van der Waals surface area contributed by atoms with Gasteiger partial charge in [-0.15, -0.1) is 0 Å². The van der Waals surface area contributed by atoms with Gasteiger partial charge in [0.2, 0.25) is 0 Å². The van der Waals surface area contributed by atoms with Crippen LogP contribution in [0.5, 0.6) is 0 Å². The molecule has 31 heavy (non-hydrogen) atoms. The number of aliphatic hydroxyl groups is 6. The third kappa shape index (κ3) is 7.98. The third-order valence-electron chi connectivity index (χ3n) is 4.92. The van der Waals surface area contributed by atoms with Crippen LogP contribution in [0.15, 0.2) is 0 Å². The van der Waals surface area contributed by atoms with Crippen molar-refractivity contribution < 1.29 is 59.2 Å². The molecule has 0 aromatic heterocycles. The zero-order chi connectivity index (χ0) is 24.3. The summed E-state index contributed by atoms with van der Waals surface area (Å²) in [5.74, 6) is -3.72. The van der Waals surface area contributed by atoms with E-state index in [2.05, 4.69) is 0 Å². The fraction of sp³-hybridized carbons (Fsp3) is 0.842. The molecule has 182 valence electrons. The Morgan fingerprint density at radius 1 is 0.548 bits per heavy atom. The van der Waals surface area contributed by atoms with E-state index in [4.69, 9.17) is 14.2 Å². The van der Waals surface area contributed by atoms with Gasteiger partial charge in [0.1, 0.15) is 36.1 Å². The molecule has 0 atom stereocenters. The molecule has 0 saturated heterocycles. The first-order chi connectivity index (χ1) is 14.4. The zero-order valence-electron chi connectivity index (χ0n) is 18.1. The summed E-state index contributed by atoms with van der Waals surface area (Å²) in [5.41, 5.74) is -4.72. The highest BCUT2D eigenvalue weighted by Crippen LogP contribution is 2.21. The lowest BCUT2D eigenvalue weighted by atomic mass is 9.93. The van der Waals surface area contributed by atoms with Gasteiger partial charge in [-0.2, -0.15) is 0 Å². The molecule has 6 N–H and O–H groups in total. The number of esters is 3. The normalized spacial score (nSPS) is 12.6. The van der Waals surface area contributed by atoms with Gasteiger partial charge in [-0.25, -0.2) is 0 Å². The second-order valence-electron chi connectivity index (χ2n) is 8.29. The maximum atomic E-state index is 12.1. The fourth-order valence-electron chi connectivity index (χ4n) is 1.78. The van der Waals surface area contributed by atoms with Gasteiger partial charge in [0, 0.05) is 0 Å². The van der Waals surface area contributed by atoms with Gasteiger partial charge in [0.25, 0.3) is 0 Å². The summed E-state index contributed by atoms with van der Waals surface area (Å²) in [7, 11) is 0. The Balaban J connectivity index is 5.23. The molecule has 0 radical (unpaired) electrons. The average molecular weight is 454 g/mol. The topological polar surface area (TPSA) is 200 Å². The molecular weight excluding hydrogens is 420 g/mol. The molecule has 0 aliphatic heterocycles. The van der Waals surface area contributed by atoms with E-state index in [9.17, 15) is 45.0 Å². The number of hydrogen-bond acceptors (Lipinski definition) is 12. The molecule has 0 aliphatic carbocycles. The Morgan fingerprint density at radius 2 is 0.742 bits per heavy atom. The number of aliphatic hydroxyl groups excluding tert-OH is 6. The van der Waals surface area contributed by atoms with E-state index in [-0.39, 0.29) is 0 Å². The minimum Gasteiger partial charge on any atom is -0.465 e. The van der Waals surface area contributed by atoms with Crippen LogP contribution in [0.4, 0.5) is 0 Å². The quantitative estimate of drug-likeness (QED) is 0.110. The third-order valence-corrected chi connectivity index (χ3v) is 4.92. The summed E-state index contributed by atoms with van der Waals surface area (Å²) < 4.78 is 15.2. The Bertz CT molecular complexity index is 498. The first kappa shape index (κ1) is 29.2. The Kier molecular flexibility index (Phi) is 12.1. The molecule has 12 heteroatoms. The van der Waals surface area contributed by atoms with Gasteiger partial charge in [-0.05, 0) is 20.8 Å². The van der Waals surface area contributed by atoms with Gasteiger partial charge in [0.15, 0.2) is 0 Å². The van der Waals surface area contributed by atoms with Crippen molar-refractivity contribution >= 4 is 17.9 Å². The van der Waals surface area contributed by atoms with Crippen LogP contribution < -0.4 is 0 Å². The van der Waals surface area contributed by atoms with E-state index in [1.54, 1.807) is 0 Å². The lowest BCUT2D eigenvalue weighted by Gasteiger charge is -2.27. The summed E-state index contributed by atoms with van der Waals surface area (Å²) in [5, 5.41) is 55.6. The highest BCUT2D eigenvalue weighted by atomic mass is 16.6. The lowest BCUT2D eigenvalue weighted by Crippen LogP contribution is -2.41. The minimum absolute atomic E-state index is 0.432. The van der Waals surface area contributed by atoms with E-state index in [1.165, 1.54) is 20.8 Å². The minimum atomic E-state index is -1.57. The van der Waals surface area contributed by atoms with Gasteiger partial charge in [-0.3, -0.25) is 14.4 Å². The molecule has 0 heterocycles. The Labute approximate surface area is 180 Å². The molecule has 0 aliphatic rings. The number of carbonyl (C=O) groups is 3. The van der Waals surface area contributed by atoms with E-state index >= 15 is 0 Å². The van der Waals surface area contributed by atoms with Crippen molar-refractivity contribution in [1.82, 2.24) is 0 Å². The maximum absolute atomic E-state index is 12.1. The molecule has 0 aromatic carbocycles. The number of carbonyl (C=O) groups excluding carboxylic acids is 3. The van der Waals surface area contributed by atoms with Crippen molar-refractivity contribution in [3.8, 4) is 0 Å². The maximum Gasteiger partial charge on any atom is 0.316 e. The highest BCUT2D eigenvalue weighted by Gasteiger charge is 2.37. The summed E-state index contributed by atoms with van der Waals surface area (Å²) in [6.07, 6.45) is 0. The SMILES string of the molecule is CC(CO)(CO)C(=O)OCC(COC(=O)C(C)(CO)CO)COC(=O)C(C)(CO)CO. The smallest absolute Gasteiger partial charge is 0.316 e. The predicted molar refractivity (Wildman–Crippen MR) is 103 cm³/mol. The molecule has 0 saturated carbocycles. The van der Waals surface area contributed by atoms with Crippen molar-refractivity contribution in [3.05, 3.63) is 0 Å². The van der Waals surface area contributed by atoms with Gasteiger partial charge >= 0.3 is 17.9 Å². The summed E-state index contributed by atoms with van der Waals surface area (Å²) in [6, 6.07) is 0. The predicted octanol–water partition coefficient (Wildman–Crippen LogP) is -2.80. The van der Waals surface area contributed by atoms with E-state index in [0.717, 1.165) is 0 Å². The Morgan fingerprint density at radius 3 is 0.903 bits per heavy atom. The van der Waals surface area contributed by atoms with Crippen LogP contribution >= 0.6 is 0 Å². The monoisotopic (exact) mass is 454 g/mol. The summed E-state index contributed by atoms with van der Waals surface area (Å²) in [6.45, 7) is -1.61. The van der Waals surface area contributed by atoms with Crippen molar-refractivity contribution in [2.24, 2.45) is 22.2 Å². The van der Waals surface area contributed by atoms with Crippen molar-refractivity contribution in [2.75, 3.05) is 59.5 Å². The molecule has 12 nitrogen and oxygen atoms in total. The standard InChI is InChI=1S/C19H34O12/c1-17(7-20,8-21)14(26)29-4-13(5-30-15(27)18(2,9-22)10-23)6-31-16(28)19(3,11-24)12-25/h13,20-25H,4-12H2,1-3H3. The molecule has 0 bridgehead atoms. The largest absolute Gasteiger partial charge is 0.465 e. The molecule has 0 rings (SSSR count). The molecule has 0 unspecified atom stereocenters. The lowest BCUT2D eigenvalue weighted by molar-refractivity contribution is -0.170. The second kappa shape index (κ2) is 12.9. The van der Waals surface area contributed by atoms with Crippen molar-refractivity contribution in [2.45, 2.75) is 20.8 Å². The van der Waals surface area contributed by atoms with E-state index < -0.39 is 99.5 Å². The van der Waals surface area contributed by atoms with Crippen LogP contribution in [0.1, 0.15) is 20.8 Å². The second-order valence-corrected chi connectivity index (χ2v) is 8.29. The fourth-order valence-corrected chi connectivity index (χ4v) is 1.78. The van der Waals surface area contributed by atoms with Crippen LogP contribution in [-0.4, -0.2) is 108 Å². The van der Waals surface area contributed by atoms with Crippen LogP contribution in [0.3, 0.4) is 0 Å². The van der Waals surface area contributed by atoms with Crippen molar-refractivity contribution in [3.63, 3.8) is 0 Å². The number of hydrogen-bond donors (Lipinski definition) is 6. The zero-order valence-corrected chi connectivity index (χ0v) is 18.1. The van der Waals surface area contributed by atoms with Gasteiger partial charge in [-0.1, -0.05) is 0 Å². The molecule has 0 amide bonds. The van der Waals surface area contributed by atoms with Crippen molar-refractivity contribution in [1.29, 1.82) is 0 Å². The Hall–Kier alpha value is -1.83.